The molecule has 1 aliphatic rings. The predicted molar refractivity (Wildman–Crippen MR) is 114 cm³/mol. The molecule has 4 heterocycles. The van der Waals surface area contributed by atoms with E-state index in [-0.39, 0.29) is 17.2 Å². The molecule has 146 valence electrons. The van der Waals surface area contributed by atoms with Gasteiger partial charge in [0.1, 0.15) is 4.88 Å². The van der Waals surface area contributed by atoms with E-state index in [0.717, 1.165) is 33.1 Å². The highest BCUT2D eigenvalue weighted by Crippen LogP contribution is 2.41. The van der Waals surface area contributed by atoms with E-state index in [9.17, 15) is 4.79 Å². The lowest BCUT2D eigenvalue weighted by Gasteiger charge is -2.13. The van der Waals surface area contributed by atoms with Crippen molar-refractivity contribution in [2.45, 2.75) is 19.4 Å². The topological polar surface area (TPSA) is 89.0 Å². The third kappa shape index (κ3) is 3.24. The van der Waals surface area contributed by atoms with Gasteiger partial charge in [0.15, 0.2) is 0 Å². The summed E-state index contributed by atoms with van der Waals surface area (Å²) in [4.78, 5) is 25.8. The summed E-state index contributed by atoms with van der Waals surface area (Å²) in [6, 6.07) is 9.39. The molecule has 5 rings (SSSR count). The second-order valence-electron chi connectivity index (χ2n) is 6.69. The Morgan fingerprint density at radius 2 is 2.07 bits per heavy atom. The number of pyridine rings is 1. The smallest absolute Gasteiger partial charge is 0.263 e. The molecule has 0 saturated heterocycles. The molecule has 1 aliphatic heterocycles. The number of aromatic nitrogens is 3. The normalized spacial score (nSPS) is 16.2. The fourth-order valence-corrected chi connectivity index (χ4v) is 4.66. The number of amides is 1. The van der Waals surface area contributed by atoms with Crippen molar-refractivity contribution in [3.8, 4) is 11.8 Å². The van der Waals surface area contributed by atoms with Gasteiger partial charge in [0.25, 0.3) is 5.91 Å². The largest absolute Gasteiger partial charge is 0.421 e. The molecule has 0 radical (unpaired) electrons. The van der Waals surface area contributed by atoms with Gasteiger partial charge in [-0.2, -0.15) is 4.98 Å². The van der Waals surface area contributed by atoms with Crippen molar-refractivity contribution in [3.63, 3.8) is 0 Å². The van der Waals surface area contributed by atoms with Crippen molar-refractivity contribution in [1.82, 2.24) is 20.3 Å². The fourth-order valence-electron chi connectivity index (χ4n) is 3.43. The second-order valence-corrected chi connectivity index (χ2v) is 8.08. The van der Waals surface area contributed by atoms with Crippen LogP contribution in [0.25, 0.3) is 21.0 Å². The van der Waals surface area contributed by atoms with Gasteiger partial charge in [0, 0.05) is 46.4 Å². The van der Waals surface area contributed by atoms with Crippen LogP contribution >= 0.6 is 22.9 Å². The second kappa shape index (κ2) is 7.13. The van der Waals surface area contributed by atoms with E-state index in [4.69, 9.17) is 16.3 Å². The van der Waals surface area contributed by atoms with Crippen molar-refractivity contribution >= 4 is 55.5 Å². The van der Waals surface area contributed by atoms with Gasteiger partial charge in [-0.05, 0) is 36.2 Å². The lowest BCUT2D eigenvalue weighted by Crippen LogP contribution is -2.36. The average Bonchev–Trinajstić information content (AvgIpc) is 3.02. The van der Waals surface area contributed by atoms with Crippen LogP contribution in [0.1, 0.15) is 23.0 Å². The number of nitrogens with one attached hydrogen (secondary N) is 2. The van der Waals surface area contributed by atoms with Crippen LogP contribution in [0.2, 0.25) is 5.28 Å². The van der Waals surface area contributed by atoms with Crippen LogP contribution in [0, 0.1) is 0 Å². The Labute approximate surface area is 175 Å². The van der Waals surface area contributed by atoms with Gasteiger partial charge in [0.05, 0.1) is 11.2 Å². The highest BCUT2D eigenvalue weighted by Gasteiger charge is 2.25. The van der Waals surface area contributed by atoms with E-state index in [1.54, 1.807) is 12.1 Å². The summed E-state index contributed by atoms with van der Waals surface area (Å²) in [5.74, 6) is 0.704. The van der Waals surface area contributed by atoms with E-state index in [1.807, 2.05) is 18.2 Å². The number of thiophene rings is 1. The summed E-state index contributed by atoms with van der Waals surface area (Å²) in [7, 11) is 0. The molecular formula is C20H16ClN5O2S. The summed E-state index contributed by atoms with van der Waals surface area (Å²) in [6.45, 7) is 2.76. The Kier molecular flexibility index (Phi) is 4.44. The maximum absolute atomic E-state index is 12.7. The summed E-state index contributed by atoms with van der Waals surface area (Å²) in [5.41, 5.74) is 1.65. The number of hydrogen-bond donors (Lipinski definition) is 2. The van der Waals surface area contributed by atoms with Crippen LogP contribution in [0.5, 0.6) is 11.8 Å². The number of benzene rings is 1. The summed E-state index contributed by atoms with van der Waals surface area (Å²) < 4.78 is 6.76. The molecule has 2 N–H and O–H groups in total. The first kappa shape index (κ1) is 18.1. The summed E-state index contributed by atoms with van der Waals surface area (Å²) in [5, 5.41) is 8.64. The number of halogens is 1. The highest BCUT2D eigenvalue weighted by molar-refractivity contribution is 7.21. The van der Waals surface area contributed by atoms with Crippen molar-refractivity contribution in [1.29, 1.82) is 0 Å². The summed E-state index contributed by atoms with van der Waals surface area (Å²) >= 11 is 7.30. The average molecular weight is 426 g/mol. The van der Waals surface area contributed by atoms with Gasteiger partial charge in [-0.15, -0.1) is 11.3 Å². The van der Waals surface area contributed by atoms with Crippen LogP contribution in [-0.4, -0.2) is 33.4 Å². The van der Waals surface area contributed by atoms with Gasteiger partial charge in [-0.25, -0.2) is 9.97 Å². The minimum absolute atomic E-state index is 0.0280. The molecule has 0 spiro atoms. The zero-order valence-corrected chi connectivity index (χ0v) is 17.0. The number of nitrogens with zero attached hydrogens (tertiary/aromatic N) is 3. The Hall–Kier alpha value is -2.97. The van der Waals surface area contributed by atoms with Gasteiger partial charge in [0.2, 0.25) is 17.0 Å². The van der Waals surface area contributed by atoms with E-state index in [2.05, 4.69) is 32.5 Å². The van der Waals surface area contributed by atoms with Gasteiger partial charge >= 0.3 is 0 Å². The predicted octanol–water partition coefficient (Wildman–Crippen LogP) is 4.62. The Bertz CT molecular complexity index is 1260. The fraction of sp³-hybridized carbons (Fsp3) is 0.200. The summed E-state index contributed by atoms with van der Waals surface area (Å²) in [6.07, 6.45) is 2.40. The molecule has 29 heavy (non-hydrogen) atoms. The van der Waals surface area contributed by atoms with E-state index in [1.165, 1.54) is 17.5 Å². The molecular weight excluding hydrogens is 410 g/mol. The molecule has 0 fully saturated rings. The number of carbonyl (C=O) groups is 1. The molecule has 0 saturated carbocycles. The Morgan fingerprint density at radius 1 is 1.21 bits per heavy atom. The monoisotopic (exact) mass is 425 g/mol. The third-order valence-corrected chi connectivity index (χ3v) is 6.20. The first-order valence-corrected chi connectivity index (χ1v) is 10.4. The molecule has 0 bridgehead atoms. The number of fused-ring (bicyclic) bond motifs is 5. The maximum Gasteiger partial charge on any atom is 0.263 e. The highest BCUT2D eigenvalue weighted by atomic mass is 35.5. The maximum atomic E-state index is 12.7. The lowest BCUT2D eigenvalue weighted by molar-refractivity contribution is 0.0945. The van der Waals surface area contributed by atoms with Crippen LogP contribution in [-0.2, 0) is 0 Å². The van der Waals surface area contributed by atoms with Crippen molar-refractivity contribution < 1.29 is 9.53 Å². The van der Waals surface area contributed by atoms with Gasteiger partial charge in [-0.3, -0.25) is 4.79 Å². The number of carbonyl (C=O) groups excluding carboxylic acids is 1. The van der Waals surface area contributed by atoms with Crippen molar-refractivity contribution in [3.05, 3.63) is 46.7 Å². The van der Waals surface area contributed by atoms with Crippen LogP contribution in [0.15, 0.2) is 36.5 Å². The molecule has 9 heteroatoms. The Balaban J connectivity index is 1.59. The number of rotatable bonds is 3. The number of ether oxygens (including phenoxy) is 1. The molecule has 0 aliphatic carbocycles. The van der Waals surface area contributed by atoms with Gasteiger partial charge in [-0.1, -0.05) is 6.92 Å². The molecule has 1 amide bonds. The third-order valence-electron chi connectivity index (χ3n) is 4.87. The van der Waals surface area contributed by atoms with E-state index < -0.39 is 0 Å². The van der Waals surface area contributed by atoms with E-state index in [0.29, 0.717) is 23.2 Å². The Morgan fingerprint density at radius 3 is 2.90 bits per heavy atom. The van der Waals surface area contributed by atoms with Gasteiger partial charge < -0.3 is 15.4 Å². The molecule has 1 aromatic carbocycles. The first-order valence-electron chi connectivity index (χ1n) is 9.20. The minimum atomic E-state index is -0.0280. The SMILES string of the molecule is CC[C@@H]1CNc2c(sc3ccc4nc(Oc5ccnc(Cl)n5)ccc4c23)C(=O)N1. The quantitative estimate of drug-likeness (QED) is 0.465. The van der Waals surface area contributed by atoms with Crippen molar-refractivity contribution in [2.24, 2.45) is 0 Å². The number of hydrogen-bond acceptors (Lipinski definition) is 7. The molecule has 0 unspecified atom stereocenters. The van der Waals surface area contributed by atoms with Crippen molar-refractivity contribution in [2.75, 3.05) is 11.9 Å². The molecule has 1 atom stereocenters. The number of anilines is 1. The molecule has 7 nitrogen and oxygen atoms in total. The molecule has 4 aromatic rings. The minimum Gasteiger partial charge on any atom is -0.421 e. The zero-order valence-electron chi connectivity index (χ0n) is 15.4. The lowest BCUT2D eigenvalue weighted by atomic mass is 10.1. The van der Waals surface area contributed by atoms with E-state index >= 15 is 0 Å². The standard InChI is InChI=1S/C20H16ClN5O2S/c1-2-10-9-23-17-16-11-3-6-14(28-15-7-8-22-20(21)26-15)25-12(11)4-5-13(16)29-18(17)19(27)24-10/h3-8,10,23H,2,9H2,1H3,(H,24,27)/t10-/m1/s1. The van der Waals surface area contributed by atoms with Crippen LogP contribution in [0.4, 0.5) is 5.69 Å². The van der Waals surface area contributed by atoms with Crippen LogP contribution in [0.3, 0.4) is 0 Å². The zero-order chi connectivity index (χ0) is 20.0. The van der Waals surface area contributed by atoms with Crippen LogP contribution < -0.4 is 15.4 Å². The first-order chi connectivity index (χ1) is 14.1. The molecule has 3 aromatic heterocycles.